The van der Waals surface area contributed by atoms with Crippen LogP contribution in [0.15, 0.2) is 53.4 Å². The van der Waals surface area contributed by atoms with E-state index in [1.54, 1.807) is 6.92 Å². The van der Waals surface area contributed by atoms with Gasteiger partial charge in [0, 0.05) is 13.1 Å². The first-order chi connectivity index (χ1) is 12.0. The van der Waals surface area contributed by atoms with E-state index in [1.165, 1.54) is 22.5 Å². The Morgan fingerprint density at radius 2 is 1.80 bits per heavy atom. The van der Waals surface area contributed by atoms with Crippen LogP contribution in [0.25, 0.3) is 0 Å². The molecular formula is C19H22FNO3S. The molecule has 1 fully saturated rings. The molecule has 0 unspecified atom stereocenters. The Morgan fingerprint density at radius 3 is 2.44 bits per heavy atom. The molecule has 0 saturated carbocycles. The maximum absolute atomic E-state index is 13.2. The van der Waals surface area contributed by atoms with Gasteiger partial charge in [-0.25, -0.2) is 12.8 Å². The monoisotopic (exact) mass is 363 g/mol. The summed E-state index contributed by atoms with van der Waals surface area (Å²) >= 11 is 0. The van der Waals surface area contributed by atoms with Gasteiger partial charge in [-0.2, -0.15) is 4.31 Å². The molecule has 0 aliphatic carbocycles. The van der Waals surface area contributed by atoms with Crippen LogP contribution in [0, 0.1) is 18.7 Å². The molecule has 134 valence electrons. The summed E-state index contributed by atoms with van der Waals surface area (Å²) in [5, 5.41) is 0. The van der Waals surface area contributed by atoms with E-state index in [-0.39, 0.29) is 4.90 Å². The van der Waals surface area contributed by atoms with Crippen LogP contribution >= 0.6 is 0 Å². The van der Waals surface area contributed by atoms with E-state index in [0.29, 0.717) is 31.2 Å². The van der Waals surface area contributed by atoms with Gasteiger partial charge in [0.1, 0.15) is 11.6 Å². The van der Waals surface area contributed by atoms with Gasteiger partial charge >= 0.3 is 0 Å². The SMILES string of the molecule is Cc1cc(F)ccc1S(=O)(=O)N1CCC(COc2ccccc2)CC1. The Labute approximate surface area is 148 Å². The van der Waals surface area contributed by atoms with Crippen molar-refractivity contribution in [2.75, 3.05) is 19.7 Å². The number of halogens is 1. The van der Waals surface area contributed by atoms with Crippen LogP contribution in [0.2, 0.25) is 0 Å². The van der Waals surface area contributed by atoms with E-state index in [2.05, 4.69) is 0 Å². The average Bonchev–Trinajstić information content (AvgIpc) is 2.61. The molecule has 0 spiro atoms. The van der Waals surface area contributed by atoms with Crippen molar-refractivity contribution >= 4 is 10.0 Å². The van der Waals surface area contributed by atoms with Crippen LogP contribution in [0.5, 0.6) is 5.75 Å². The summed E-state index contributed by atoms with van der Waals surface area (Å²) in [5.74, 6) is 0.744. The first-order valence-corrected chi connectivity index (χ1v) is 9.85. The Hall–Kier alpha value is -1.92. The Balaban J connectivity index is 1.59. The highest BCUT2D eigenvalue weighted by molar-refractivity contribution is 7.89. The quantitative estimate of drug-likeness (QED) is 0.815. The van der Waals surface area contributed by atoms with Crippen molar-refractivity contribution in [3.05, 3.63) is 59.9 Å². The van der Waals surface area contributed by atoms with Crippen molar-refractivity contribution in [1.29, 1.82) is 0 Å². The van der Waals surface area contributed by atoms with Crippen LogP contribution in [-0.2, 0) is 10.0 Å². The molecule has 3 rings (SSSR count). The van der Waals surface area contributed by atoms with Gasteiger partial charge in [-0.05, 0) is 61.6 Å². The summed E-state index contributed by atoms with van der Waals surface area (Å²) in [6, 6.07) is 13.4. The molecule has 2 aromatic carbocycles. The minimum absolute atomic E-state index is 0.188. The van der Waals surface area contributed by atoms with E-state index in [4.69, 9.17) is 4.74 Å². The average molecular weight is 363 g/mol. The number of aryl methyl sites for hydroxylation is 1. The van der Waals surface area contributed by atoms with Gasteiger partial charge in [0.25, 0.3) is 0 Å². The summed E-state index contributed by atoms with van der Waals surface area (Å²) in [7, 11) is -3.57. The number of para-hydroxylation sites is 1. The molecule has 0 bridgehead atoms. The lowest BCUT2D eigenvalue weighted by molar-refractivity contribution is 0.185. The number of ether oxygens (including phenoxy) is 1. The molecule has 4 nitrogen and oxygen atoms in total. The van der Waals surface area contributed by atoms with E-state index in [0.717, 1.165) is 18.6 Å². The summed E-state index contributed by atoms with van der Waals surface area (Å²) < 4.78 is 46.1. The summed E-state index contributed by atoms with van der Waals surface area (Å²) in [5.41, 5.74) is 0.439. The van der Waals surface area contributed by atoms with Crippen molar-refractivity contribution in [3.8, 4) is 5.75 Å². The lowest BCUT2D eigenvalue weighted by atomic mass is 9.99. The van der Waals surface area contributed by atoms with Gasteiger partial charge < -0.3 is 4.74 Å². The smallest absolute Gasteiger partial charge is 0.243 e. The van der Waals surface area contributed by atoms with E-state index < -0.39 is 15.8 Å². The molecule has 0 aromatic heterocycles. The minimum Gasteiger partial charge on any atom is -0.493 e. The van der Waals surface area contributed by atoms with Gasteiger partial charge in [0.15, 0.2) is 0 Å². The molecule has 25 heavy (non-hydrogen) atoms. The molecule has 1 aliphatic rings. The maximum atomic E-state index is 13.2. The zero-order chi connectivity index (χ0) is 17.9. The number of hydrogen-bond donors (Lipinski definition) is 0. The van der Waals surface area contributed by atoms with Crippen molar-refractivity contribution in [2.45, 2.75) is 24.7 Å². The molecular weight excluding hydrogens is 341 g/mol. The fraction of sp³-hybridized carbons (Fsp3) is 0.368. The third-order valence-corrected chi connectivity index (χ3v) is 6.62. The number of nitrogens with zero attached hydrogens (tertiary/aromatic N) is 1. The molecule has 0 radical (unpaired) electrons. The van der Waals surface area contributed by atoms with Crippen LogP contribution in [0.4, 0.5) is 4.39 Å². The van der Waals surface area contributed by atoms with Crippen molar-refractivity contribution in [2.24, 2.45) is 5.92 Å². The highest BCUT2D eigenvalue weighted by Gasteiger charge is 2.30. The molecule has 1 aliphatic heterocycles. The Kier molecular flexibility index (Phi) is 5.39. The second kappa shape index (κ2) is 7.54. The third kappa shape index (κ3) is 4.19. The predicted molar refractivity (Wildman–Crippen MR) is 94.6 cm³/mol. The number of hydrogen-bond acceptors (Lipinski definition) is 3. The summed E-state index contributed by atoms with van der Waals surface area (Å²) in [6.07, 6.45) is 1.51. The topological polar surface area (TPSA) is 46.6 Å². The van der Waals surface area contributed by atoms with Crippen molar-refractivity contribution in [3.63, 3.8) is 0 Å². The predicted octanol–water partition coefficient (Wildman–Crippen LogP) is 3.61. The van der Waals surface area contributed by atoms with Crippen LogP contribution < -0.4 is 4.74 Å². The first-order valence-electron chi connectivity index (χ1n) is 8.41. The third-order valence-electron chi connectivity index (χ3n) is 4.56. The second-order valence-corrected chi connectivity index (χ2v) is 8.29. The van der Waals surface area contributed by atoms with Crippen LogP contribution in [-0.4, -0.2) is 32.4 Å². The van der Waals surface area contributed by atoms with Gasteiger partial charge in [-0.15, -0.1) is 0 Å². The molecule has 6 heteroatoms. The van der Waals surface area contributed by atoms with Crippen LogP contribution in [0.1, 0.15) is 18.4 Å². The zero-order valence-corrected chi connectivity index (χ0v) is 15.0. The molecule has 0 amide bonds. The van der Waals surface area contributed by atoms with Gasteiger partial charge in [-0.1, -0.05) is 18.2 Å². The molecule has 1 saturated heterocycles. The number of benzene rings is 2. The second-order valence-electron chi connectivity index (χ2n) is 6.38. The summed E-state index contributed by atoms with van der Waals surface area (Å²) in [6.45, 7) is 3.13. The minimum atomic E-state index is -3.57. The largest absolute Gasteiger partial charge is 0.493 e. The maximum Gasteiger partial charge on any atom is 0.243 e. The molecule has 1 heterocycles. The lowest BCUT2D eigenvalue weighted by Crippen LogP contribution is -2.39. The van der Waals surface area contributed by atoms with Gasteiger partial charge in [-0.3, -0.25) is 0 Å². The fourth-order valence-corrected chi connectivity index (χ4v) is 4.76. The lowest BCUT2D eigenvalue weighted by Gasteiger charge is -2.31. The zero-order valence-electron chi connectivity index (χ0n) is 14.2. The Morgan fingerprint density at radius 1 is 1.12 bits per heavy atom. The van der Waals surface area contributed by atoms with Crippen molar-refractivity contribution < 1.29 is 17.5 Å². The van der Waals surface area contributed by atoms with Crippen LogP contribution in [0.3, 0.4) is 0 Å². The molecule has 0 N–H and O–H groups in total. The highest BCUT2D eigenvalue weighted by atomic mass is 32.2. The highest BCUT2D eigenvalue weighted by Crippen LogP contribution is 2.26. The number of piperidine rings is 1. The number of sulfonamides is 1. The standard InChI is InChI=1S/C19H22FNO3S/c1-15-13-17(20)7-8-19(15)25(22,23)21-11-9-16(10-12-21)14-24-18-5-3-2-4-6-18/h2-8,13,16H,9-12,14H2,1H3. The van der Waals surface area contributed by atoms with E-state index >= 15 is 0 Å². The Bertz CT molecular complexity index is 816. The van der Waals surface area contributed by atoms with Gasteiger partial charge in [0.2, 0.25) is 10.0 Å². The van der Waals surface area contributed by atoms with Crippen molar-refractivity contribution in [1.82, 2.24) is 4.31 Å². The normalized spacial score (nSPS) is 16.7. The summed E-state index contributed by atoms with van der Waals surface area (Å²) in [4.78, 5) is 0.188. The van der Waals surface area contributed by atoms with E-state index in [9.17, 15) is 12.8 Å². The van der Waals surface area contributed by atoms with E-state index in [1.807, 2.05) is 30.3 Å². The fourth-order valence-electron chi connectivity index (χ4n) is 3.09. The number of rotatable bonds is 5. The molecule has 2 aromatic rings. The molecule has 0 atom stereocenters. The van der Waals surface area contributed by atoms with Gasteiger partial charge in [0.05, 0.1) is 11.5 Å². The first kappa shape index (κ1) is 17.9.